The molecule has 1 amide bonds. The molecule has 0 atom stereocenters. The first-order valence-electron chi connectivity index (χ1n) is 5.96. The van der Waals surface area contributed by atoms with Crippen LogP contribution in [0.2, 0.25) is 0 Å². The van der Waals surface area contributed by atoms with Gasteiger partial charge in [0.2, 0.25) is 11.3 Å². The van der Waals surface area contributed by atoms with Gasteiger partial charge >= 0.3 is 0 Å². The van der Waals surface area contributed by atoms with E-state index in [4.69, 9.17) is 0 Å². The van der Waals surface area contributed by atoms with Crippen molar-refractivity contribution in [1.29, 1.82) is 0 Å². The number of fused-ring (bicyclic) bond motifs is 2. The minimum absolute atomic E-state index is 0.0443. The summed E-state index contributed by atoms with van der Waals surface area (Å²) < 4.78 is 1.79. The number of carbonyl (C=O) groups is 1. The van der Waals surface area contributed by atoms with Crippen LogP contribution in [0.1, 0.15) is 6.92 Å². The van der Waals surface area contributed by atoms with E-state index in [9.17, 15) is 9.59 Å². The first kappa shape index (κ1) is 11.5. The SMILES string of the molecule is CC(=O)Nc1ccc2ccn3cccc3c(=O)c2c1. The summed E-state index contributed by atoms with van der Waals surface area (Å²) in [6.07, 6.45) is 3.70. The molecule has 0 aliphatic carbocycles. The number of nitrogens with one attached hydrogen (secondary N) is 1. The molecular formula is C15H12N2O2. The lowest BCUT2D eigenvalue weighted by Gasteiger charge is -2.01. The third kappa shape index (κ3) is 1.97. The number of hydrogen-bond donors (Lipinski definition) is 1. The molecule has 0 saturated heterocycles. The highest BCUT2D eigenvalue weighted by atomic mass is 16.1. The van der Waals surface area contributed by atoms with Gasteiger partial charge in [0.05, 0.1) is 5.52 Å². The summed E-state index contributed by atoms with van der Waals surface area (Å²) in [4.78, 5) is 23.5. The van der Waals surface area contributed by atoms with Crippen molar-refractivity contribution >= 4 is 27.9 Å². The van der Waals surface area contributed by atoms with Gasteiger partial charge in [-0.1, -0.05) is 6.07 Å². The highest BCUT2D eigenvalue weighted by Gasteiger charge is 2.04. The van der Waals surface area contributed by atoms with Crippen molar-refractivity contribution in [3.05, 3.63) is 59.0 Å². The Kier molecular flexibility index (Phi) is 2.56. The van der Waals surface area contributed by atoms with Gasteiger partial charge < -0.3 is 9.72 Å². The highest BCUT2D eigenvalue weighted by molar-refractivity contribution is 5.93. The average Bonchev–Trinajstić information content (AvgIpc) is 2.79. The Morgan fingerprint density at radius 1 is 1.16 bits per heavy atom. The fraction of sp³-hybridized carbons (Fsp3) is 0.0667. The zero-order valence-electron chi connectivity index (χ0n) is 10.4. The van der Waals surface area contributed by atoms with Gasteiger partial charge in [-0.25, -0.2) is 0 Å². The summed E-state index contributed by atoms with van der Waals surface area (Å²) in [7, 11) is 0. The van der Waals surface area contributed by atoms with Crippen LogP contribution in [-0.2, 0) is 4.79 Å². The van der Waals surface area contributed by atoms with Crippen LogP contribution in [0.15, 0.2) is 53.6 Å². The van der Waals surface area contributed by atoms with Gasteiger partial charge in [-0.2, -0.15) is 0 Å². The van der Waals surface area contributed by atoms with Gasteiger partial charge in [0.1, 0.15) is 0 Å². The summed E-state index contributed by atoms with van der Waals surface area (Å²) in [5.41, 5.74) is 1.21. The molecule has 1 N–H and O–H groups in total. The Labute approximate surface area is 109 Å². The molecule has 0 fully saturated rings. The van der Waals surface area contributed by atoms with Crippen LogP contribution in [0, 0.1) is 0 Å². The van der Waals surface area contributed by atoms with E-state index < -0.39 is 0 Å². The summed E-state index contributed by atoms with van der Waals surface area (Å²) in [6.45, 7) is 1.44. The highest BCUT2D eigenvalue weighted by Crippen LogP contribution is 2.16. The maximum Gasteiger partial charge on any atom is 0.221 e. The number of anilines is 1. The fourth-order valence-electron chi connectivity index (χ4n) is 2.19. The van der Waals surface area contributed by atoms with E-state index in [-0.39, 0.29) is 11.3 Å². The molecular weight excluding hydrogens is 240 g/mol. The van der Waals surface area contributed by atoms with E-state index in [0.29, 0.717) is 16.6 Å². The normalized spacial score (nSPS) is 10.8. The van der Waals surface area contributed by atoms with E-state index in [2.05, 4.69) is 5.32 Å². The number of aromatic nitrogens is 1. The van der Waals surface area contributed by atoms with Crippen molar-refractivity contribution in [2.75, 3.05) is 5.32 Å². The minimum Gasteiger partial charge on any atom is -0.326 e. The van der Waals surface area contributed by atoms with Gasteiger partial charge in [-0.3, -0.25) is 9.59 Å². The van der Waals surface area contributed by atoms with Gasteiger partial charge in [0.15, 0.2) is 0 Å². The average molecular weight is 252 g/mol. The molecule has 0 unspecified atom stereocenters. The number of rotatable bonds is 1. The molecule has 0 spiro atoms. The molecule has 19 heavy (non-hydrogen) atoms. The molecule has 3 rings (SSSR count). The molecule has 0 radical (unpaired) electrons. The number of amides is 1. The molecule has 0 aliphatic rings. The van der Waals surface area contributed by atoms with Crippen LogP contribution in [0.4, 0.5) is 5.69 Å². The minimum atomic E-state index is -0.153. The van der Waals surface area contributed by atoms with Gasteiger partial charge in [0, 0.05) is 30.4 Å². The lowest BCUT2D eigenvalue weighted by atomic mass is 10.1. The second-order valence-corrected chi connectivity index (χ2v) is 4.43. The number of benzene rings is 1. The summed E-state index contributed by atoms with van der Waals surface area (Å²) in [5.74, 6) is -0.153. The van der Waals surface area contributed by atoms with Crippen LogP contribution in [-0.4, -0.2) is 10.3 Å². The molecule has 0 saturated carbocycles. The Bertz CT molecular complexity index is 850. The molecule has 4 heteroatoms. The van der Waals surface area contributed by atoms with Crippen LogP contribution in [0.3, 0.4) is 0 Å². The van der Waals surface area contributed by atoms with Crippen LogP contribution >= 0.6 is 0 Å². The molecule has 0 bridgehead atoms. The summed E-state index contributed by atoms with van der Waals surface area (Å²) in [6, 6.07) is 10.8. The number of hydrogen-bond acceptors (Lipinski definition) is 2. The second kappa shape index (κ2) is 4.24. The van der Waals surface area contributed by atoms with Crippen LogP contribution in [0.25, 0.3) is 16.3 Å². The van der Waals surface area contributed by atoms with Gasteiger partial charge in [-0.05, 0) is 35.7 Å². The van der Waals surface area contributed by atoms with E-state index in [1.165, 1.54) is 6.92 Å². The van der Waals surface area contributed by atoms with Crippen molar-refractivity contribution in [1.82, 2.24) is 4.40 Å². The summed E-state index contributed by atoms with van der Waals surface area (Å²) >= 11 is 0. The van der Waals surface area contributed by atoms with E-state index in [0.717, 1.165) is 5.39 Å². The van der Waals surface area contributed by atoms with Crippen molar-refractivity contribution in [3.8, 4) is 0 Å². The number of nitrogens with zero attached hydrogens (tertiary/aromatic N) is 1. The maximum atomic E-state index is 12.5. The largest absolute Gasteiger partial charge is 0.326 e. The smallest absolute Gasteiger partial charge is 0.221 e. The molecule has 2 aromatic heterocycles. The van der Waals surface area contributed by atoms with Crippen LogP contribution < -0.4 is 10.7 Å². The lowest BCUT2D eigenvalue weighted by molar-refractivity contribution is -0.114. The predicted octanol–water partition coefficient (Wildman–Crippen LogP) is 2.41. The summed E-state index contributed by atoms with van der Waals surface area (Å²) in [5, 5.41) is 4.14. The van der Waals surface area contributed by atoms with Crippen molar-refractivity contribution in [3.63, 3.8) is 0 Å². The van der Waals surface area contributed by atoms with Crippen LogP contribution in [0.5, 0.6) is 0 Å². The third-order valence-electron chi connectivity index (χ3n) is 3.04. The van der Waals surface area contributed by atoms with E-state index in [1.54, 1.807) is 22.6 Å². The second-order valence-electron chi connectivity index (χ2n) is 4.43. The third-order valence-corrected chi connectivity index (χ3v) is 3.04. The lowest BCUT2D eigenvalue weighted by Crippen LogP contribution is -2.06. The van der Waals surface area contributed by atoms with Crippen molar-refractivity contribution < 1.29 is 4.79 Å². The zero-order chi connectivity index (χ0) is 13.4. The molecule has 3 aromatic rings. The zero-order valence-corrected chi connectivity index (χ0v) is 10.4. The first-order valence-corrected chi connectivity index (χ1v) is 5.96. The monoisotopic (exact) mass is 252 g/mol. The Hall–Kier alpha value is -2.62. The topological polar surface area (TPSA) is 50.6 Å². The van der Waals surface area contributed by atoms with Crippen molar-refractivity contribution in [2.24, 2.45) is 0 Å². The Morgan fingerprint density at radius 2 is 2.00 bits per heavy atom. The molecule has 2 heterocycles. The standard InChI is InChI=1S/C15H12N2O2/c1-10(18)16-12-5-4-11-6-8-17-7-2-3-14(17)15(19)13(11)9-12/h2-9H,1H3,(H,16,18). The quantitative estimate of drug-likeness (QED) is 0.723. The molecule has 94 valence electrons. The first-order chi connectivity index (χ1) is 9.15. The van der Waals surface area contributed by atoms with E-state index >= 15 is 0 Å². The fourth-order valence-corrected chi connectivity index (χ4v) is 2.19. The maximum absolute atomic E-state index is 12.5. The van der Waals surface area contributed by atoms with E-state index in [1.807, 2.05) is 30.6 Å². The molecule has 1 aromatic carbocycles. The molecule has 4 nitrogen and oxygen atoms in total. The Morgan fingerprint density at radius 3 is 2.79 bits per heavy atom. The number of carbonyl (C=O) groups excluding carboxylic acids is 1. The molecule has 0 aliphatic heterocycles. The predicted molar refractivity (Wildman–Crippen MR) is 75.5 cm³/mol. The van der Waals surface area contributed by atoms with Gasteiger partial charge in [0.25, 0.3) is 0 Å². The Balaban J connectivity index is 2.37. The van der Waals surface area contributed by atoms with Crippen molar-refractivity contribution in [2.45, 2.75) is 6.92 Å². The van der Waals surface area contributed by atoms with Gasteiger partial charge in [-0.15, -0.1) is 0 Å².